The summed E-state index contributed by atoms with van der Waals surface area (Å²) in [6, 6.07) is 7.79. The summed E-state index contributed by atoms with van der Waals surface area (Å²) in [7, 11) is 1.93. The quantitative estimate of drug-likeness (QED) is 0.389. The number of aryl methyl sites for hydroxylation is 1. The van der Waals surface area contributed by atoms with E-state index in [9.17, 15) is 0 Å². The second kappa shape index (κ2) is 9.96. The molecule has 8 heteroatoms. The summed E-state index contributed by atoms with van der Waals surface area (Å²) in [4.78, 5) is 4.56. The lowest BCUT2D eigenvalue weighted by molar-refractivity contribution is 0.222. The highest BCUT2D eigenvalue weighted by Gasteiger charge is 2.09. The predicted octanol–water partition coefficient (Wildman–Crippen LogP) is 2.57. The first kappa shape index (κ1) is 20.0. The fourth-order valence-corrected chi connectivity index (χ4v) is 2.50. The smallest absolute Gasteiger partial charge is 0.192 e. The Morgan fingerprint density at radius 3 is 2.81 bits per heavy atom. The van der Waals surface area contributed by atoms with Crippen molar-refractivity contribution in [1.29, 1.82) is 0 Å². The average Bonchev–Trinajstić information content (AvgIpc) is 2.95. The molecular formula is C18H25BrN6O. The normalized spacial score (nSPS) is 12.5. The van der Waals surface area contributed by atoms with Gasteiger partial charge < -0.3 is 19.9 Å². The minimum Gasteiger partial charge on any atom is -0.488 e. The van der Waals surface area contributed by atoms with E-state index < -0.39 is 0 Å². The lowest BCUT2D eigenvalue weighted by atomic mass is 10.3. The van der Waals surface area contributed by atoms with Crippen LogP contribution in [0.4, 0.5) is 0 Å². The van der Waals surface area contributed by atoms with Crippen LogP contribution in [0.5, 0.6) is 5.75 Å². The molecule has 0 amide bonds. The number of aromatic nitrogens is 3. The Hall–Kier alpha value is -2.35. The number of nitrogens with zero attached hydrogens (tertiary/aromatic N) is 4. The highest BCUT2D eigenvalue weighted by molar-refractivity contribution is 9.10. The molecule has 0 aliphatic rings. The van der Waals surface area contributed by atoms with Crippen molar-refractivity contribution in [2.75, 3.05) is 13.1 Å². The Labute approximate surface area is 162 Å². The van der Waals surface area contributed by atoms with Gasteiger partial charge >= 0.3 is 0 Å². The number of hydrogen-bond donors (Lipinski definition) is 2. The minimum atomic E-state index is -0.0403. The van der Waals surface area contributed by atoms with Crippen molar-refractivity contribution in [3.8, 4) is 5.75 Å². The summed E-state index contributed by atoms with van der Waals surface area (Å²) >= 11 is 3.49. The lowest BCUT2D eigenvalue weighted by Crippen LogP contribution is -2.42. The molecule has 0 saturated heterocycles. The standard InChI is InChI=1S/C18H25BrN6O/c1-5-10-20-18(22-12-17-24-23-14(3)25(17)4)21-11-13(2)26-16-9-7-6-8-15(16)19/h5-9,13H,1,10-12H2,2-4H3,(H2,20,21,22). The molecule has 2 N–H and O–H groups in total. The molecular weight excluding hydrogens is 396 g/mol. The fourth-order valence-electron chi connectivity index (χ4n) is 2.12. The van der Waals surface area contributed by atoms with Gasteiger partial charge in [-0.05, 0) is 41.9 Å². The van der Waals surface area contributed by atoms with Crippen LogP contribution >= 0.6 is 15.9 Å². The number of para-hydroxylation sites is 1. The molecule has 0 aliphatic heterocycles. The molecule has 0 spiro atoms. The van der Waals surface area contributed by atoms with Crippen molar-refractivity contribution in [1.82, 2.24) is 25.4 Å². The molecule has 0 fully saturated rings. The number of nitrogens with one attached hydrogen (secondary N) is 2. The Morgan fingerprint density at radius 1 is 1.38 bits per heavy atom. The van der Waals surface area contributed by atoms with E-state index in [1.165, 1.54) is 0 Å². The molecule has 140 valence electrons. The summed E-state index contributed by atoms with van der Waals surface area (Å²) in [5.41, 5.74) is 0. The second-order valence-electron chi connectivity index (χ2n) is 5.80. The molecule has 0 saturated carbocycles. The zero-order chi connectivity index (χ0) is 18.9. The number of rotatable bonds is 8. The first-order valence-electron chi connectivity index (χ1n) is 8.40. The SMILES string of the molecule is C=CCNC(=NCc1nnc(C)n1C)NCC(C)Oc1ccccc1Br. The highest BCUT2D eigenvalue weighted by Crippen LogP contribution is 2.24. The maximum absolute atomic E-state index is 5.95. The van der Waals surface area contributed by atoms with Crippen LogP contribution in [0.2, 0.25) is 0 Å². The Balaban J connectivity index is 1.94. The third kappa shape index (κ3) is 5.87. The monoisotopic (exact) mass is 420 g/mol. The third-order valence-electron chi connectivity index (χ3n) is 3.70. The molecule has 1 aromatic heterocycles. The predicted molar refractivity (Wildman–Crippen MR) is 107 cm³/mol. The topological polar surface area (TPSA) is 76.4 Å². The minimum absolute atomic E-state index is 0.0403. The number of aliphatic imine (C=N–C) groups is 1. The zero-order valence-electron chi connectivity index (χ0n) is 15.4. The molecule has 26 heavy (non-hydrogen) atoms. The molecule has 1 heterocycles. The largest absolute Gasteiger partial charge is 0.488 e. The maximum Gasteiger partial charge on any atom is 0.192 e. The first-order valence-corrected chi connectivity index (χ1v) is 9.19. The Kier molecular flexibility index (Phi) is 7.65. The third-order valence-corrected chi connectivity index (χ3v) is 4.35. The Bertz CT molecular complexity index is 758. The number of halogens is 1. The zero-order valence-corrected chi connectivity index (χ0v) is 17.0. The molecule has 0 radical (unpaired) electrons. The molecule has 7 nitrogen and oxygen atoms in total. The van der Waals surface area contributed by atoms with Gasteiger partial charge in [0.25, 0.3) is 0 Å². The Morgan fingerprint density at radius 2 is 2.15 bits per heavy atom. The van der Waals surface area contributed by atoms with E-state index in [4.69, 9.17) is 4.74 Å². The van der Waals surface area contributed by atoms with Crippen LogP contribution in [0.15, 0.2) is 46.4 Å². The van der Waals surface area contributed by atoms with Crippen LogP contribution in [0.1, 0.15) is 18.6 Å². The van der Waals surface area contributed by atoms with Crippen LogP contribution in [0.3, 0.4) is 0 Å². The van der Waals surface area contributed by atoms with E-state index in [0.717, 1.165) is 21.9 Å². The van der Waals surface area contributed by atoms with Crippen LogP contribution in [-0.4, -0.2) is 39.9 Å². The molecule has 0 aliphatic carbocycles. The van der Waals surface area contributed by atoms with Crippen molar-refractivity contribution >= 4 is 21.9 Å². The molecule has 2 aromatic rings. The average molecular weight is 421 g/mol. The molecule has 1 unspecified atom stereocenters. The fraction of sp³-hybridized carbons (Fsp3) is 0.389. The van der Waals surface area contributed by atoms with Gasteiger partial charge in [0.05, 0.1) is 11.0 Å². The van der Waals surface area contributed by atoms with Crippen molar-refractivity contribution in [3.63, 3.8) is 0 Å². The van der Waals surface area contributed by atoms with Gasteiger partial charge in [-0.1, -0.05) is 18.2 Å². The van der Waals surface area contributed by atoms with E-state index in [0.29, 0.717) is 25.6 Å². The van der Waals surface area contributed by atoms with Gasteiger partial charge in [-0.3, -0.25) is 0 Å². The summed E-state index contributed by atoms with van der Waals surface area (Å²) in [5, 5.41) is 14.7. The van der Waals surface area contributed by atoms with Gasteiger partial charge in [0, 0.05) is 13.6 Å². The van der Waals surface area contributed by atoms with Gasteiger partial charge in [0.1, 0.15) is 24.2 Å². The summed E-state index contributed by atoms with van der Waals surface area (Å²) in [6.45, 7) is 9.29. The van der Waals surface area contributed by atoms with Gasteiger partial charge in [0.2, 0.25) is 0 Å². The van der Waals surface area contributed by atoms with Gasteiger partial charge in [0.15, 0.2) is 11.8 Å². The second-order valence-corrected chi connectivity index (χ2v) is 6.65. The van der Waals surface area contributed by atoms with Gasteiger partial charge in [-0.15, -0.1) is 16.8 Å². The van der Waals surface area contributed by atoms with E-state index >= 15 is 0 Å². The van der Waals surface area contributed by atoms with Crippen molar-refractivity contribution in [2.45, 2.75) is 26.5 Å². The van der Waals surface area contributed by atoms with Gasteiger partial charge in [-0.25, -0.2) is 4.99 Å². The number of hydrogen-bond acceptors (Lipinski definition) is 4. The number of ether oxygens (including phenoxy) is 1. The number of benzene rings is 1. The van der Waals surface area contributed by atoms with E-state index in [2.05, 4.69) is 48.3 Å². The summed E-state index contributed by atoms with van der Waals surface area (Å²) in [6.07, 6.45) is 1.74. The molecule has 0 bridgehead atoms. The molecule has 2 rings (SSSR count). The summed E-state index contributed by atoms with van der Waals surface area (Å²) in [5.74, 6) is 3.15. The number of guanidine groups is 1. The highest BCUT2D eigenvalue weighted by atomic mass is 79.9. The first-order chi connectivity index (χ1) is 12.5. The van der Waals surface area contributed by atoms with Crippen molar-refractivity contribution in [3.05, 3.63) is 53.0 Å². The lowest BCUT2D eigenvalue weighted by Gasteiger charge is -2.18. The van der Waals surface area contributed by atoms with Crippen molar-refractivity contribution in [2.24, 2.45) is 12.0 Å². The van der Waals surface area contributed by atoms with Crippen LogP contribution < -0.4 is 15.4 Å². The summed E-state index contributed by atoms with van der Waals surface area (Å²) < 4.78 is 8.80. The van der Waals surface area contributed by atoms with Crippen LogP contribution in [-0.2, 0) is 13.6 Å². The maximum atomic E-state index is 5.95. The molecule has 1 atom stereocenters. The van der Waals surface area contributed by atoms with E-state index in [-0.39, 0.29) is 6.10 Å². The van der Waals surface area contributed by atoms with Crippen LogP contribution in [0, 0.1) is 6.92 Å². The van der Waals surface area contributed by atoms with E-state index in [1.54, 1.807) is 6.08 Å². The van der Waals surface area contributed by atoms with Crippen molar-refractivity contribution < 1.29 is 4.74 Å². The molecule has 1 aromatic carbocycles. The van der Waals surface area contributed by atoms with E-state index in [1.807, 2.05) is 49.7 Å². The van der Waals surface area contributed by atoms with Gasteiger partial charge in [-0.2, -0.15) is 0 Å². The van der Waals surface area contributed by atoms with Crippen LogP contribution in [0.25, 0.3) is 0 Å².